The summed E-state index contributed by atoms with van der Waals surface area (Å²) < 4.78 is 5.59. The van der Waals surface area contributed by atoms with Crippen molar-refractivity contribution in [2.45, 2.75) is 69.7 Å². The summed E-state index contributed by atoms with van der Waals surface area (Å²) >= 11 is 0. The van der Waals surface area contributed by atoms with Crippen LogP contribution < -0.4 is 10.6 Å². The topological polar surface area (TPSA) is 121 Å². The van der Waals surface area contributed by atoms with Gasteiger partial charge in [-0.1, -0.05) is 91.0 Å². The highest BCUT2D eigenvalue weighted by atomic mass is 16.6. The maximum Gasteiger partial charge on any atom is 0.407 e. The van der Waals surface area contributed by atoms with Gasteiger partial charge in [-0.2, -0.15) is 0 Å². The van der Waals surface area contributed by atoms with Crippen LogP contribution in [0.15, 0.2) is 109 Å². The summed E-state index contributed by atoms with van der Waals surface area (Å²) in [7, 11) is 0. The van der Waals surface area contributed by atoms with Crippen LogP contribution in [0.1, 0.15) is 49.8 Å². The van der Waals surface area contributed by atoms with E-state index in [0.717, 1.165) is 27.9 Å². The van der Waals surface area contributed by atoms with Gasteiger partial charge >= 0.3 is 12.2 Å². The van der Waals surface area contributed by atoms with Crippen LogP contribution in [0.3, 0.4) is 0 Å². The third kappa shape index (κ3) is 9.95. The van der Waals surface area contributed by atoms with E-state index in [0.29, 0.717) is 12.8 Å². The number of nitrogens with one attached hydrogen (secondary N) is 2. The molecule has 2 amide bonds. The zero-order chi connectivity index (χ0) is 31.5. The lowest BCUT2D eigenvalue weighted by molar-refractivity contribution is 0.0367. The van der Waals surface area contributed by atoms with Crippen molar-refractivity contribution < 1.29 is 24.5 Å². The fourth-order valence-corrected chi connectivity index (χ4v) is 5.36. The van der Waals surface area contributed by atoms with Gasteiger partial charge in [0.15, 0.2) is 0 Å². The highest BCUT2D eigenvalue weighted by Crippen LogP contribution is 2.29. The number of aliphatic hydroxyl groups is 1. The Hall–Kier alpha value is -4.69. The standard InChI is InChI=1S/C36H41N3O5/c1-36(2,3)44-35(43)39-33(30(27-14-8-5-9-15-27)23-25-12-6-4-7-13-25)32(40)24-29(38-34(41)42)22-26-17-19-28(20-18-26)31-16-10-11-21-37-31/h4-21,29-30,32-33,38,40H,22-24H2,1-3H3,(H,39,43)(H,41,42)/t29?,30?,32-,33+/m1/s1. The van der Waals surface area contributed by atoms with Gasteiger partial charge < -0.3 is 25.6 Å². The molecule has 0 saturated heterocycles. The third-order valence-electron chi connectivity index (χ3n) is 7.31. The molecule has 8 nitrogen and oxygen atoms in total. The van der Waals surface area contributed by atoms with Crippen molar-refractivity contribution >= 4 is 12.2 Å². The van der Waals surface area contributed by atoms with Gasteiger partial charge in [0, 0.05) is 23.7 Å². The first-order chi connectivity index (χ1) is 21.1. The lowest BCUT2D eigenvalue weighted by atomic mass is 9.81. The molecule has 1 aromatic heterocycles. The van der Waals surface area contributed by atoms with Crippen molar-refractivity contribution in [3.8, 4) is 11.3 Å². The predicted molar refractivity (Wildman–Crippen MR) is 171 cm³/mol. The van der Waals surface area contributed by atoms with Crippen molar-refractivity contribution in [3.05, 3.63) is 126 Å². The van der Waals surface area contributed by atoms with E-state index in [-0.39, 0.29) is 12.3 Å². The maximum absolute atomic E-state index is 13.1. The second-order valence-corrected chi connectivity index (χ2v) is 11.9. The molecule has 4 atom stereocenters. The van der Waals surface area contributed by atoms with Crippen molar-refractivity contribution in [2.75, 3.05) is 0 Å². The molecule has 8 heteroatoms. The zero-order valence-electron chi connectivity index (χ0n) is 25.4. The molecule has 0 aliphatic carbocycles. The molecule has 0 spiro atoms. The highest BCUT2D eigenvalue weighted by molar-refractivity contribution is 5.68. The molecule has 0 radical (unpaired) electrons. The third-order valence-corrected chi connectivity index (χ3v) is 7.31. The molecule has 2 unspecified atom stereocenters. The molecule has 0 saturated carbocycles. The first-order valence-corrected chi connectivity index (χ1v) is 14.8. The number of alkyl carbamates (subject to hydrolysis) is 1. The number of aliphatic hydroxyl groups excluding tert-OH is 1. The molecule has 3 aromatic carbocycles. The average molecular weight is 596 g/mol. The van der Waals surface area contributed by atoms with E-state index >= 15 is 0 Å². The second kappa shape index (κ2) is 15.2. The Morgan fingerprint density at radius 1 is 0.795 bits per heavy atom. The Morgan fingerprint density at radius 2 is 1.41 bits per heavy atom. The zero-order valence-corrected chi connectivity index (χ0v) is 25.4. The fourth-order valence-electron chi connectivity index (χ4n) is 5.36. The summed E-state index contributed by atoms with van der Waals surface area (Å²) in [5.74, 6) is -0.329. The van der Waals surface area contributed by atoms with E-state index in [1.165, 1.54) is 0 Å². The Kier molecular flexibility index (Phi) is 11.1. The number of hydrogen-bond donors (Lipinski definition) is 4. The molecule has 0 aliphatic rings. The van der Waals surface area contributed by atoms with Gasteiger partial charge in [0.25, 0.3) is 0 Å². The van der Waals surface area contributed by atoms with Crippen LogP contribution in [0.4, 0.5) is 9.59 Å². The van der Waals surface area contributed by atoms with Gasteiger partial charge in [-0.25, -0.2) is 9.59 Å². The number of carbonyl (C=O) groups excluding carboxylic acids is 1. The predicted octanol–water partition coefficient (Wildman–Crippen LogP) is 6.60. The van der Waals surface area contributed by atoms with Crippen LogP contribution in [0, 0.1) is 0 Å². The number of pyridine rings is 1. The van der Waals surface area contributed by atoms with Gasteiger partial charge in [-0.15, -0.1) is 0 Å². The minimum absolute atomic E-state index is 0.0624. The van der Waals surface area contributed by atoms with E-state index < -0.39 is 36.0 Å². The molecule has 4 rings (SSSR count). The van der Waals surface area contributed by atoms with E-state index in [1.807, 2.05) is 103 Å². The smallest absolute Gasteiger partial charge is 0.407 e. The molecule has 0 aliphatic heterocycles. The van der Waals surface area contributed by atoms with Crippen molar-refractivity contribution in [3.63, 3.8) is 0 Å². The van der Waals surface area contributed by atoms with E-state index in [9.17, 15) is 19.8 Å². The number of rotatable bonds is 12. The normalized spacial score (nSPS) is 14.1. The van der Waals surface area contributed by atoms with Crippen molar-refractivity contribution in [1.29, 1.82) is 0 Å². The Balaban J connectivity index is 1.61. The van der Waals surface area contributed by atoms with E-state index in [2.05, 4.69) is 15.6 Å². The van der Waals surface area contributed by atoms with Gasteiger partial charge in [0.2, 0.25) is 0 Å². The number of aromatic nitrogens is 1. The Morgan fingerprint density at radius 3 is 2.00 bits per heavy atom. The van der Waals surface area contributed by atoms with Crippen LogP contribution in [0.5, 0.6) is 0 Å². The number of hydrogen-bond acceptors (Lipinski definition) is 5. The van der Waals surface area contributed by atoms with Gasteiger partial charge in [-0.05, 0) is 68.9 Å². The number of ether oxygens (including phenoxy) is 1. The van der Waals surface area contributed by atoms with E-state index in [4.69, 9.17) is 4.74 Å². The van der Waals surface area contributed by atoms with E-state index in [1.54, 1.807) is 27.0 Å². The number of carboxylic acid groups (broad SMARTS) is 1. The first-order valence-electron chi connectivity index (χ1n) is 14.8. The number of benzene rings is 3. The molecule has 4 aromatic rings. The molecular weight excluding hydrogens is 554 g/mol. The fraction of sp³-hybridized carbons (Fsp3) is 0.306. The maximum atomic E-state index is 13.1. The molecular formula is C36H41N3O5. The largest absolute Gasteiger partial charge is 0.465 e. The summed E-state index contributed by atoms with van der Waals surface area (Å²) in [5.41, 5.74) is 3.93. The SMILES string of the molecule is CC(C)(C)OC(=O)N[C@@H](C(Cc1ccccc1)c1ccccc1)[C@H](O)CC(Cc1ccc(-c2ccccn2)cc1)NC(=O)O. The van der Waals surface area contributed by atoms with Crippen LogP contribution in [-0.2, 0) is 17.6 Å². The van der Waals surface area contributed by atoms with Gasteiger partial charge in [0.1, 0.15) is 5.60 Å². The number of amides is 2. The summed E-state index contributed by atoms with van der Waals surface area (Å²) in [6.45, 7) is 5.34. The minimum atomic E-state index is -1.19. The Bertz CT molecular complexity index is 1460. The molecule has 230 valence electrons. The molecule has 0 bridgehead atoms. The molecule has 0 fully saturated rings. The highest BCUT2D eigenvalue weighted by Gasteiger charge is 2.34. The number of carbonyl (C=O) groups is 2. The number of nitrogens with zero attached hydrogens (tertiary/aromatic N) is 1. The minimum Gasteiger partial charge on any atom is -0.465 e. The quantitative estimate of drug-likeness (QED) is 0.147. The van der Waals surface area contributed by atoms with Crippen LogP contribution in [-0.4, -0.2) is 51.2 Å². The van der Waals surface area contributed by atoms with Crippen molar-refractivity contribution in [2.24, 2.45) is 0 Å². The first kappa shape index (κ1) is 32.2. The lowest BCUT2D eigenvalue weighted by Crippen LogP contribution is -2.51. The molecule has 1 heterocycles. The lowest BCUT2D eigenvalue weighted by Gasteiger charge is -2.34. The second-order valence-electron chi connectivity index (χ2n) is 11.9. The summed E-state index contributed by atoms with van der Waals surface area (Å²) in [4.78, 5) is 29.3. The summed E-state index contributed by atoms with van der Waals surface area (Å²) in [6, 6.07) is 31.7. The van der Waals surface area contributed by atoms with Gasteiger partial charge in [-0.3, -0.25) is 4.98 Å². The summed E-state index contributed by atoms with van der Waals surface area (Å²) in [5, 5.41) is 27.0. The van der Waals surface area contributed by atoms with Crippen LogP contribution in [0.2, 0.25) is 0 Å². The summed E-state index contributed by atoms with van der Waals surface area (Å²) in [6.07, 6.45) is -0.266. The average Bonchev–Trinajstić information content (AvgIpc) is 2.99. The molecule has 4 N–H and O–H groups in total. The Labute approximate surface area is 259 Å². The monoisotopic (exact) mass is 595 g/mol. The van der Waals surface area contributed by atoms with Gasteiger partial charge in [0.05, 0.1) is 17.8 Å². The van der Waals surface area contributed by atoms with Crippen LogP contribution in [0.25, 0.3) is 11.3 Å². The molecule has 44 heavy (non-hydrogen) atoms. The van der Waals surface area contributed by atoms with Crippen molar-refractivity contribution in [1.82, 2.24) is 15.6 Å². The van der Waals surface area contributed by atoms with Crippen LogP contribution >= 0.6 is 0 Å².